The zero-order valence-corrected chi connectivity index (χ0v) is 6.39. The molecule has 0 amide bonds. The smallest absolute Gasteiger partial charge is 0.0597 e. The minimum absolute atomic E-state index is 0.552. The van der Waals surface area contributed by atoms with Crippen molar-refractivity contribution in [3.05, 3.63) is 0 Å². The van der Waals surface area contributed by atoms with E-state index in [0.29, 0.717) is 6.10 Å². The monoisotopic (exact) mass is 128 g/mol. The zero-order valence-electron chi connectivity index (χ0n) is 6.39. The van der Waals surface area contributed by atoms with Gasteiger partial charge in [-0.15, -0.1) is 0 Å². The third-order valence-corrected chi connectivity index (χ3v) is 2.17. The summed E-state index contributed by atoms with van der Waals surface area (Å²) in [5.41, 5.74) is 0. The van der Waals surface area contributed by atoms with Gasteiger partial charge >= 0.3 is 0 Å². The Kier molecular flexibility index (Phi) is 2.52. The third kappa shape index (κ3) is 1.68. The lowest BCUT2D eigenvalue weighted by Gasteiger charge is -2.34. The van der Waals surface area contributed by atoms with Crippen LogP contribution in [0, 0.1) is 5.92 Å². The van der Waals surface area contributed by atoms with Crippen molar-refractivity contribution in [2.75, 3.05) is 6.61 Å². The van der Waals surface area contributed by atoms with E-state index in [9.17, 15) is 0 Å². The first-order chi connectivity index (χ1) is 4.34. The minimum Gasteiger partial charge on any atom is -0.378 e. The molecule has 1 heteroatoms. The average molecular weight is 128 g/mol. The van der Waals surface area contributed by atoms with Crippen molar-refractivity contribution >= 4 is 0 Å². The number of hydrogen-bond donors (Lipinski definition) is 0. The lowest BCUT2D eigenvalue weighted by atomic mass is 9.94. The second kappa shape index (κ2) is 3.21. The molecule has 0 aromatic rings. The molecule has 54 valence electrons. The van der Waals surface area contributed by atoms with Gasteiger partial charge in [0.2, 0.25) is 0 Å². The Morgan fingerprint density at radius 2 is 2.33 bits per heavy atom. The standard InChI is InChI=1S/C8H16O/c1-3-4-5-8-6-9-7(8)2/h7-8H,3-6H2,1-2H3. The van der Waals surface area contributed by atoms with Gasteiger partial charge in [-0.25, -0.2) is 0 Å². The zero-order chi connectivity index (χ0) is 6.69. The van der Waals surface area contributed by atoms with E-state index in [1.54, 1.807) is 0 Å². The van der Waals surface area contributed by atoms with E-state index >= 15 is 0 Å². The van der Waals surface area contributed by atoms with Gasteiger partial charge in [-0.3, -0.25) is 0 Å². The fraction of sp³-hybridized carbons (Fsp3) is 1.00. The maximum atomic E-state index is 5.24. The van der Waals surface area contributed by atoms with Crippen LogP contribution in [0.15, 0.2) is 0 Å². The van der Waals surface area contributed by atoms with Gasteiger partial charge in [0.25, 0.3) is 0 Å². The fourth-order valence-corrected chi connectivity index (χ4v) is 1.21. The molecule has 1 aliphatic rings. The van der Waals surface area contributed by atoms with Crippen molar-refractivity contribution in [3.8, 4) is 0 Å². The summed E-state index contributed by atoms with van der Waals surface area (Å²) in [5.74, 6) is 0.880. The van der Waals surface area contributed by atoms with Crippen molar-refractivity contribution in [2.45, 2.75) is 39.2 Å². The summed E-state index contributed by atoms with van der Waals surface area (Å²) >= 11 is 0. The van der Waals surface area contributed by atoms with Crippen LogP contribution in [0.1, 0.15) is 33.1 Å². The van der Waals surface area contributed by atoms with Gasteiger partial charge in [0, 0.05) is 5.92 Å². The molecule has 1 saturated heterocycles. The van der Waals surface area contributed by atoms with E-state index in [1.165, 1.54) is 19.3 Å². The van der Waals surface area contributed by atoms with E-state index < -0.39 is 0 Å². The second-order valence-corrected chi connectivity index (χ2v) is 2.94. The molecule has 0 bridgehead atoms. The number of unbranched alkanes of at least 4 members (excludes halogenated alkanes) is 1. The van der Waals surface area contributed by atoms with Crippen molar-refractivity contribution in [1.29, 1.82) is 0 Å². The van der Waals surface area contributed by atoms with E-state index in [0.717, 1.165) is 12.5 Å². The molecule has 0 aliphatic carbocycles. The summed E-state index contributed by atoms with van der Waals surface area (Å²) in [4.78, 5) is 0. The Bertz CT molecular complexity index is 80.6. The lowest BCUT2D eigenvalue weighted by Crippen LogP contribution is -2.36. The van der Waals surface area contributed by atoms with Gasteiger partial charge in [0.1, 0.15) is 0 Å². The molecule has 0 radical (unpaired) electrons. The summed E-state index contributed by atoms with van der Waals surface area (Å²) in [6.07, 6.45) is 4.62. The summed E-state index contributed by atoms with van der Waals surface area (Å²) in [6.45, 7) is 5.43. The molecule has 0 aromatic heterocycles. The number of rotatable bonds is 3. The molecule has 1 rings (SSSR count). The highest BCUT2D eigenvalue weighted by Gasteiger charge is 2.26. The summed E-state index contributed by atoms with van der Waals surface area (Å²) in [5, 5.41) is 0. The van der Waals surface area contributed by atoms with Gasteiger partial charge in [-0.05, 0) is 13.3 Å². The Labute approximate surface area is 57.4 Å². The van der Waals surface area contributed by atoms with Crippen LogP contribution in [0.25, 0.3) is 0 Å². The molecule has 1 heterocycles. The first-order valence-corrected chi connectivity index (χ1v) is 3.96. The Morgan fingerprint density at radius 1 is 1.56 bits per heavy atom. The van der Waals surface area contributed by atoms with Crippen LogP contribution in [0.3, 0.4) is 0 Å². The third-order valence-electron chi connectivity index (χ3n) is 2.17. The molecule has 2 atom stereocenters. The fourth-order valence-electron chi connectivity index (χ4n) is 1.21. The van der Waals surface area contributed by atoms with E-state index in [1.807, 2.05) is 0 Å². The molecule has 0 saturated carbocycles. The van der Waals surface area contributed by atoms with Gasteiger partial charge in [-0.2, -0.15) is 0 Å². The SMILES string of the molecule is CCCCC1COC1C. The molecule has 1 aliphatic heterocycles. The Hall–Kier alpha value is -0.0400. The Morgan fingerprint density at radius 3 is 2.67 bits per heavy atom. The van der Waals surface area contributed by atoms with Gasteiger partial charge < -0.3 is 4.74 Å². The molecular weight excluding hydrogens is 112 g/mol. The molecule has 0 aromatic carbocycles. The van der Waals surface area contributed by atoms with Crippen LogP contribution in [0.5, 0.6) is 0 Å². The van der Waals surface area contributed by atoms with E-state index in [-0.39, 0.29) is 0 Å². The molecule has 9 heavy (non-hydrogen) atoms. The highest BCUT2D eigenvalue weighted by atomic mass is 16.5. The van der Waals surface area contributed by atoms with E-state index in [4.69, 9.17) is 4.74 Å². The first kappa shape index (κ1) is 7.07. The molecule has 0 N–H and O–H groups in total. The average Bonchev–Trinajstić information content (AvgIpc) is 1.86. The van der Waals surface area contributed by atoms with Crippen LogP contribution < -0.4 is 0 Å². The summed E-state index contributed by atoms with van der Waals surface area (Å²) < 4.78 is 5.24. The summed E-state index contributed by atoms with van der Waals surface area (Å²) in [7, 11) is 0. The van der Waals surface area contributed by atoms with Gasteiger partial charge in [0.05, 0.1) is 12.7 Å². The van der Waals surface area contributed by atoms with Crippen molar-refractivity contribution in [2.24, 2.45) is 5.92 Å². The maximum Gasteiger partial charge on any atom is 0.0597 e. The van der Waals surface area contributed by atoms with Crippen molar-refractivity contribution < 1.29 is 4.74 Å². The van der Waals surface area contributed by atoms with Crippen LogP contribution in [-0.4, -0.2) is 12.7 Å². The van der Waals surface area contributed by atoms with E-state index in [2.05, 4.69) is 13.8 Å². The molecule has 1 nitrogen and oxygen atoms in total. The predicted octanol–water partition coefficient (Wildman–Crippen LogP) is 2.21. The quantitative estimate of drug-likeness (QED) is 0.566. The highest BCUT2D eigenvalue weighted by molar-refractivity contribution is 4.73. The number of hydrogen-bond acceptors (Lipinski definition) is 1. The normalized spacial score (nSPS) is 34.0. The van der Waals surface area contributed by atoms with Gasteiger partial charge in [-0.1, -0.05) is 19.8 Å². The summed E-state index contributed by atoms with van der Waals surface area (Å²) in [6, 6.07) is 0. The molecule has 1 fully saturated rings. The lowest BCUT2D eigenvalue weighted by molar-refractivity contribution is -0.106. The first-order valence-electron chi connectivity index (χ1n) is 3.96. The van der Waals surface area contributed by atoms with Crippen LogP contribution in [0.2, 0.25) is 0 Å². The van der Waals surface area contributed by atoms with Crippen LogP contribution >= 0.6 is 0 Å². The van der Waals surface area contributed by atoms with Gasteiger partial charge in [0.15, 0.2) is 0 Å². The molecule has 2 unspecified atom stereocenters. The highest BCUT2D eigenvalue weighted by Crippen LogP contribution is 2.24. The topological polar surface area (TPSA) is 9.23 Å². The largest absolute Gasteiger partial charge is 0.378 e. The van der Waals surface area contributed by atoms with Crippen LogP contribution in [0.4, 0.5) is 0 Å². The van der Waals surface area contributed by atoms with Crippen LogP contribution in [-0.2, 0) is 4.74 Å². The molecular formula is C8H16O. The maximum absolute atomic E-state index is 5.24. The minimum atomic E-state index is 0.552. The second-order valence-electron chi connectivity index (χ2n) is 2.94. The predicted molar refractivity (Wildman–Crippen MR) is 38.4 cm³/mol. The Balaban J connectivity index is 1.99. The van der Waals surface area contributed by atoms with Crippen molar-refractivity contribution in [3.63, 3.8) is 0 Å². The molecule has 0 spiro atoms. The number of ether oxygens (including phenoxy) is 1. The van der Waals surface area contributed by atoms with Crippen molar-refractivity contribution in [1.82, 2.24) is 0 Å².